The molecule has 0 saturated heterocycles. The van der Waals surface area contributed by atoms with E-state index in [2.05, 4.69) is 67.9 Å². The smallest absolute Gasteiger partial charge is 0.0925 e. The lowest BCUT2D eigenvalue weighted by molar-refractivity contribution is -0.0000334. The zero-order chi connectivity index (χ0) is 12.8. The van der Waals surface area contributed by atoms with Gasteiger partial charge in [0.1, 0.15) is 0 Å². The van der Waals surface area contributed by atoms with E-state index in [1.54, 1.807) is 0 Å². The van der Waals surface area contributed by atoms with Crippen LogP contribution in [0.25, 0.3) is 0 Å². The van der Waals surface area contributed by atoms with Crippen LogP contribution < -0.4 is 0 Å². The van der Waals surface area contributed by atoms with Crippen LogP contribution >= 0.6 is 15.9 Å². The highest BCUT2D eigenvalue weighted by Crippen LogP contribution is 2.24. The Morgan fingerprint density at radius 3 is 2.47 bits per heavy atom. The Morgan fingerprint density at radius 2 is 1.94 bits per heavy atom. The summed E-state index contributed by atoms with van der Waals surface area (Å²) in [5.41, 5.74) is 2.55. The van der Waals surface area contributed by atoms with Crippen molar-refractivity contribution in [3.05, 3.63) is 35.4 Å². The fraction of sp³-hybridized carbons (Fsp3) is 0.600. The average molecular weight is 299 g/mol. The topological polar surface area (TPSA) is 9.23 Å². The van der Waals surface area contributed by atoms with Gasteiger partial charge in [-0.05, 0) is 31.7 Å². The van der Waals surface area contributed by atoms with Gasteiger partial charge in [0.2, 0.25) is 0 Å². The van der Waals surface area contributed by atoms with Crippen molar-refractivity contribution in [3.63, 3.8) is 0 Å². The fourth-order valence-corrected chi connectivity index (χ4v) is 2.60. The average Bonchev–Trinajstić information content (AvgIpc) is 2.24. The van der Waals surface area contributed by atoms with Crippen molar-refractivity contribution in [3.8, 4) is 0 Å². The Hall–Kier alpha value is -0.340. The summed E-state index contributed by atoms with van der Waals surface area (Å²) in [7, 11) is 0. The van der Waals surface area contributed by atoms with E-state index < -0.39 is 0 Å². The van der Waals surface area contributed by atoms with Crippen LogP contribution in [0.3, 0.4) is 0 Å². The second kappa shape index (κ2) is 7.17. The summed E-state index contributed by atoms with van der Waals surface area (Å²) in [5.74, 6) is 0.679. The molecule has 0 radical (unpaired) electrons. The lowest BCUT2D eigenvalue weighted by Gasteiger charge is -2.22. The Balaban J connectivity index is 2.65. The van der Waals surface area contributed by atoms with Crippen LogP contribution in [-0.2, 0) is 4.74 Å². The Bertz CT molecular complexity index is 335. The van der Waals surface area contributed by atoms with Crippen molar-refractivity contribution in [2.24, 2.45) is 5.92 Å². The number of ether oxygens (including phenoxy) is 1. The molecule has 1 aromatic rings. The second-order valence-corrected chi connectivity index (χ2v) is 5.78. The summed E-state index contributed by atoms with van der Waals surface area (Å²) < 4.78 is 6.10. The summed E-state index contributed by atoms with van der Waals surface area (Å²) >= 11 is 3.55. The van der Waals surface area contributed by atoms with Gasteiger partial charge in [0.05, 0.1) is 12.2 Å². The number of halogens is 1. The van der Waals surface area contributed by atoms with E-state index in [9.17, 15) is 0 Å². The van der Waals surface area contributed by atoms with Crippen molar-refractivity contribution in [2.75, 3.05) is 5.33 Å². The van der Waals surface area contributed by atoms with Gasteiger partial charge >= 0.3 is 0 Å². The highest BCUT2D eigenvalue weighted by atomic mass is 79.9. The van der Waals surface area contributed by atoms with Crippen LogP contribution in [0.15, 0.2) is 24.3 Å². The molecule has 0 aliphatic rings. The van der Waals surface area contributed by atoms with Crippen LogP contribution in [0, 0.1) is 12.8 Å². The summed E-state index contributed by atoms with van der Waals surface area (Å²) in [4.78, 5) is 0. The minimum Gasteiger partial charge on any atom is -0.370 e. The van der Waals surface area contributed by atoms with E-state index >= 15 is 0 Å². The molecule has 0 fully saturated rings. The van der Waals surface area contributed by atoms with E-state index in [0.29, 0.717) is 12.0 Å². The summed E-state index contributed by atoms with van der Waals surface area (Å²) in [6, 6.07) is 8.55. The van der Waals surface area contributed by atoms with Crippen molar-refractivity contribution in [1.29, 1.82) is 0 Å². The highest BCUT2D eigenvalue weighted by Gasteiger charge is 2.15. The van der Waals surface area contributed by atoms with Gasteiger partial charge in [-0.15, -0.1) is 0 Å². The third-order valence-electron chi connectivity index (χ3n) is 2.75. The SMILES string of the molecule is Cc1cccc(C(CBr)OC(C)CC(C)C)c1. The molecule has 2 heteroatoms. The third-order valence-corrected chi connectivity index (χ3v) is 3.34. The van der Waals surface area contributed by atoms with Gasteiger partial charge in [0, 0.05) is 5.33 Å². The quantitative estimate of drug-likeness (QED) is 0.680. The van der Waals surface area contributed by atoms with Gasteiger partial charge in [-0.2, -0.15) is 0 Å². The lowest BCUT2D eigenvalue weighted by atomic mass is 10.1. The Morgan fingerprint density at radius 1 is 1.24 bits per heavy atom. The molecule has 1 aromatic carbocycles. The number of hydrogen-bond acceptors (Lipinski definition) is 1. The van der Waals surface area contributed by atoms with E-state index in [0.717, 1.165) is 11.8 Å². The summed E-state index contributed by atoms with van der Waals surface area (Å²) in [6.45, 7) is 8.74. The molecule has 2 unspecified atom stereocenters. The number of hydrogen-bond donors (Lipinski definition) is 0. The molecular formula is C15H23BrO. The number of aryl methyl sites for hydroxylation is 1. The lowest BCUT2D eigenvalue weighted by Crippen LogP contribution is -2.16. The van der Waals surface area contributed by atoms with Crippen molar-refractivity contribution in [1.82, 2.24) is 0 Å². The van der Waals surface area contributed by atoms with E-state index in [1.165, 1.54) is 11.1 Å². The van der Waals surface area contributed by atoms with E-state index in [4.69, 9.17) is 4.74 Å². The van der Waals surface area contributed by atoms with Gasteiger partial charge in [-0.1, -0.05) is 59.6 Å². The number of alkyl halides is 1. The zero-order valence-corrected chi connectivity index (χ0v) is 12.8. The van der Waals surface area contributed by atoms with Crippen molar-refractivity contribution < 1.29 is 4.74 Å². The fourth-order valence-electron chi connectivity index (χ4n) is 2.07. The second-order valence-electron chi connectivity index (χ2n) is 5.13. The standard InChI is InChI=1S/C15H23BrO/c1-11(2)8-13(4)17-15(10-16)14-7-5-6-12(3)9-14/h5-7,9,11,13,15H,8,10H2,1-4H3. The van der Waals surface area contributed by atoms with Crippen molar-refractivity contribution in [2.45, 2.75) is 46.3 Å². The monoisotopic (exact) mass is 298 g/mol. The van der Waals surface area contributed by atoms with Crippen LogP contribution in [0.2, 0.25) is 0 Å². The van der Waals surface area contributed by atoms with Gasteiger partial charge in [0.15, 0.2) is 0 Å². The molecule has 0 heterocycles. The molecule has 1 rings (SSSR count). The highest BCUT2D eigenvalue weighted by molar-refractivity contribution is 9.09. The van der Waals surface area contributed by atoms with Gasteiger partial charge in [-0.25, -0.2) is 0 Å². The van der Waals surface area contributed by atoms with Crippen molar-refractivity contribution >= 4 is 15.9 Å². The molecule has 0 bridgehead atoms. The first kappa shape index (κ1) is 14.7. The van der Waals surface area contributed by atoms with Gasteiger partial charge < -0.3 is 4.74 Å². The first-order chi connectivity index (χ1) is 8.02. The molecule has 0 spiro atoms. The minimum absolute atomic E-state index is 0.156. The first-order valence-electron chi connectivity index (χ1n) is 6.31. The molecule has 2 atom stereocenters. The molecule has 96 valence electrons. The molecular weight excluding hydrogens is 276 g/mol. The Kier molecular flexibility index (Phi) is 6.21. The summed E-state index contributed by atoms with van der Waals surface area (Å²) in [6.07, 6.45) is 1.57. The minimum atomic E-state index is 0.156. The summed E-state index contributed by atoms with van der Waals surface area (Å²) in [5, 5.41) is 0.846. The molecule has 0 saturated carbocycles. The van der Waals surface area contributed by atoms with Gasteiger partial charge in [0.25, 0.3) is 0 Å². The molecule has 0 aliphatic heterocycles. The first-order valence-corrected chi connectivity index (χ1v) is 7.43. The maximum Gasteiger partial charge on any atom is 0.0925 e. The maximum absolute atomic E-state index is 6.10. The molecule has 0 aliphatic carbocycles. The molecule has 0 aromatic heterocycles. The van der Waals surface area contributed by atoms with Crippen LogP contribution in [-0.4, -0.2) is 11.4 Å². The van der Waals surface area contributed by atoms with Crippen LogP contribution in [0.4, 0.5) is 0 Å². The predicted octanol–water partition coefficient (Wildman–Crippen LogP) is 4.88. The van der Waals surface area contributed by atoms with E-state index in [-0.39, 0.29) is 6.10 Å². The normalized spacial score (nSPS) is 14.9. The molecule has 1 nitrogen and oxygen atoms in total. The van der Waals surface area contributed by atoms with E-state index in [1.807, 2.05) is 0 Å². The largest absolute Gasteiger partial charge is 0.370 e. The zero-order valence-electron chi connectivity index (χ0n) is 11.2. The van der Waals surface area contributed by atoms with Gasteiger partial charge in [-0.3, -0.25) is 0 Å². The molecule has 0 N–H and O–H groups in total. The molecule has 17 heavy (non-hydrogen) atoms. The number of rotatable bonds is 6. The van der Waals surface area contributed by atoms with Crippen LogP contribution in [0.5, 0.6) is 0 Å². The number of benzene rings is 1. The third kappa shape index (κ3) is 5.22. The molecule has 0 amide bonds. The maximum atomic E-state index is 6.10. The predicted molar refractivity (Wildman–Crippen MR) is 77.7 cm³/mol. The van der Waals surface area contributed by atoms with Crippen LogP contribution in [0.1, 0.15) is 44.4 Å². The Labute approximate surface area is 114 Å².